The Labute approximate surface area is 136 Å². The van der Waals surface area contributed by atoms with E-state index in [-0.39, 0.29) is 0 Å². The van der Waals surface area contributed by atoms with Gasteiger partial charge in [0.2, 0.25) is 0 Å². The number of methoxy groups -OCH3 is 1. The smallest absolute Gasteiger partial charge is 0.127 e. The number of aryl methyl sites for hydroxylation is 2. The number of nitrogens with one attached hydrogen (secondary N) is 1. The van der Waals surface area contributed by atoms with E-state index in [0.29, 0.717) is 0 Å². The van der Waals surface area contributed by atoms with Gasteiger partial charge in [-0.25, -0.2) is 0 Å². The second-order valence-electron chi connectivity index (χ2n) is 5.50. The maximum absolute atomic E-state index is 5.58. The van der Waals surface area contributed by atoms with Gasteiger partial charge in [-0.05, 0) is 49.2 Å². The van der Waals surface area contributed by atoms with Gasteiger partial charge in [0.05, 0.1) is 24.7 Å². The van der Waals surface area contributed by atoms with Crippen LogP contribution in [0.3, 0.4) is 0 Å². The summed E-state index contributed by atoms with van der Waals surface area (Å²) in [5, 5.41) is 0. The van der Waals surface area contributed by atoms with Crippen LogP contribution in [0.5, 0.6) is 5.75 Å². The molecule has 0 saturated carbocycles. The van der Waals surface area contributed by atoms with Crippen LogP contribution in [-0.2, 0) is 0 Å². The molecular weight excluding hydrogens is 284 g/mol. The molecule has 0 atom stereocenters. The van der Waals surface area contributed by atoms with Crippen LogP contribution in [0.1, 0.15) is 16.8 Å². The van der Waals surface area contributed by atoms with E-state index in [1.165, 1.54) is 11.1 Å². The van der Waals surface area contributed by atoms with Crippen molar-refractivity contribution in [3.63, 3.8) is 0 Å². The van der Waals surface area contributed by atoms with Crippen LogP contribution < -0.4 is 4.74 Å². The Morgan fingerprint density at radius 2 is 1.65 bits per heavy atom. The van der Waals surface area contributed by atoms with E-state index in [4.69, 9.17) is 9.73 Å². The van der Waals surface area contributed by atoms with Crippen molar-refractivity contribution in [1.29, 1.82) is 0 Å². The maximum atomic E-state index is 5.58. The molecule has 2 aromatic carbocycles. The number of nitrogens with zero attached hydrogens (tertiary/aromatic N) is 1. The Balaban J connectivity index is 2.17. The van der Waals surface area contributed by atoms with Gasteiger partial charge in [-0.1, -0.05) is 24.3 Å². The van der Waals surface area contributed by atoms with E-state index in [0.717, 1.165) is 28.3 Å². The molecule has 0 amide bonds. The third-order valence-corrected chi connectivity index (χ3v) is 3.92. The van der Waals surface area contributed by atoms with Gasteiger partial charge in [-0.2, -0.15) is 0 Å². The number of ether oxygens (including phenoxy) is 1. The number of hydrogen-bond donors (Lipinski definition) is 1. The van der Waals surface area contributed by atoms with E-state index in [1.54, 1.807) is 7.11 Å². The Kier molecular flexibility index (Phi) is 4.29. The summed E-state index contributed by atoms with van der Waals surface area (Å²) in [6.07, 6.45) is 3.74. The molecule has 0 aliphatic rings. The van der Waals surface area contributed by atoms with E-state index >= 15 is 0 Å². The molecule has 1 N–H and O–H groups in total. The van der Waals surface area contributed by atoms with E-state index < -0.39 is 0 Å². The lowest BCUT2D eigenvalue weighted by Gasteiger charge is -2.16. The molecule has 3 aromatic rings. The highest BCUT2D eigenvalue weighted by Gasteiger charge is 2.14. The molecule has 0 bridgehead atoms. The van der Waals surface area contributed by atoms with Crippen molar-refractivity contribution in [2.24, 2.45) is 4.99 Å². The average molecular weight is 304 g/mol. The van der Waals surface area contributed by atoms with Gasteiger partial charge in [0.1, 0.15) is 5.75 Å². The molecule has 0 spiro atoms. The molecule has 23 heavy (non-hydrogen) atoms. The van der Waals surface area contributed by atoms with E-state index in [1.807, 2.05) is 48.8 Å². The van der Waals surface area contributed by atoms with Crippen molar-refractivity contribution in [1.82, 2.24) is 4.98 Å². The first kappa shape index (κ1) is 15.1. The molecule has 0 aliphatic carbocycles. The molecule has 0 fully saturated rings. The summed E-state index contributed by atoms with van der Waals surface area (Å²) in [6.45, 7) is 4.21. The lowest BCUT2D eigenvalue weighted by Crippen LogP contribution is -1.93. The molecule has 0 radical (unpaired) electrons. The van der Waals surface area contributed by atoms with Gasteiger partial charge in [0, 0.05) is 17.3 Å². The molecular formula is C20H20N2O. The third kappa shape index (κ3) is 3.04. The van der Waals surface area contributed by atoms with Crippen molar-refractivity contribution in [2.75, 3.05) is 7.11 Å². The van der Waals surface area contributed by atoms with Crippen LogP contribution in [0, 0.1) is 13.8 Å². The normalized spacial score (nSPS) is 11.1. The molecule has 0 aliphatic heterocycles. The minimum atomic E-state index is 0.871. The fraction of sp³-hybridized carbons (Fsp3) is 0.150. The first-order valence-corrected chi connectivity index (χ1v) is 7.61. The number of aromatic nitrogens is 1. The Bertz CT molecular complexity index is 833. The highest BCUT2D eigenvalue weighted by molar-refractivity contribution is 5.88. The average Bonchev–Trinajstić information content (AvgIpc) is 3.07. The monoisotopic (exact) mass is 304 g/mol. The topological polar surface area (TPSA) is 37.4 Å². The van der Waals surface area contributed by atoms with Crippen LogP contribution in [0.2, 0.25) is 0 Å². The lowest BCUT2D eigenvalue weighted by atomic mass is 9.94. The van der Waals surface area contributed by atoms with E-state index in [9.17, 15) is 0 Å². The number of benzene rings is 2. The van der Waals surface area contributed by atoms with Crippen LogP contribution in [0.15, 0.2) is 59.7 Å². The first-order chi connectivity index (χ1) is 11.2. The second kappa shape index (κ2) is 6.53. The zero-order chi connectivity index (χ0) is 16.2. The number of aliphatic imine (C=N–C) groups is 1. The first-order valence-electron chi connectivity index (χ1n) is 7.61. The van der Waals surface area contributed by atoms with Gasteiger partial charge in [0.15, 0.2) is 0 Å². The van der Waals surface area contributed by atoms with Crippen LogP contribution in [0.4, 0.5) is 5.69 Å². The molecule has 0 unspecified atom stereocenters. The Hall–Kier alpha value is -2.81. The fourth-order valence-corrected chi connectivity index (χ4v) is 2.78. The highest BCUT2D eigenvalue weighted by Crippen LogP contribution is 2.40. The molecule has 116 valence electrons. The van der Waals surface area contributed by atoms with Crippen LogP contribution in [-0.4, -0.2) is 18.3 Å². The van der Waals surface area contributed by atoms with Gasteiger partial charge in [-0.3, -0.25) is 4.99 Å². The van der Waals surface area contributed by atoms with Gasteiger partial charge < -0.3 is 9.72 Å². The molecule has 1 aromatic heterocycles. The van der Waals surface area contributed by atoms with Crippen molar-refractivity contribution >= 4 is 11.9 Å². The fourth-order valence-electron chi connectivity index (χ4n) is 2.78. The second-order valence-corrected chi connectivity index (χ2v) is 5.50. The number of aromatic amines is 1. The maximum Gasteiger partial charge on any atom is 0.127 e. The summed E-state index contributed by atoms with van der Waals surface area (Å²) in [4.78, 5) is 7.83. The van der Waals surface area contributed by atoms with Gasteiger partial charge in [0.25, 0.3) is 0 Å². The highest BCUT2D eigenvalue weighted by atomic mass is 16.5. The summed E-state index contributed by atoms with van der Waals surface area (Å²) < 4.78 is 5.58. The van der Waals surface area contributed by atoms with Gasteiger partial charge >= 0.3 is 0 Å². The SMILES string of the molecule is COc1cccc(C)c1-c1c(C)cccc1N=Cc1ccc[nH]1. The molecule has 1 heterocycles. The predicted molar refractivity (Wildman–Crippen MR) is 96.0 cm³/mol. The minimum absolute atomic E-state index is 0.871. The number of hydrogen-bond acceptors (Lipinski definition) is 2. The number of rotatable bonds is 4. The molecule has 3 heteroatoms. The van der Waals surface area contributed by atoms with E-state index in [2.05, 4.69) is 31.0 Å². The standard InChI is InChI=1S/C20H20N2O/c1-14-7-4-10-17(22-13-16-9-6-12-21-16)19(14)20-15(2)8-5-11-18(20)23-3/h4-13,21H,1-3H3. The zero-order valence-corrected chi connectivity index (χ0v) is 13.6. The van der Waals surface area contributed by atoms with Crippen LogP contribution in [0.25, 0.3) is 11.1 Å². The van der Waals surface area contributed by atoms with Gasteiger partial charge in [-0.15, -0.1) is 0 Å². The summed E-state index contributed by atoms with van der Waals surface area (Å²) in [7, 11) is 1.71. The summed E-state index contributed by atoms with van der Waals surface area (Å²) >= 11 is 0. The minimum Gasteiger partial charge on any atom is -0.496 e. The van der Waals surface area contributed by atoms with Crippen molar-refractivity contribution in [3.05, 3.63) is 71.5 Å². The molecule has 3 rings (SSSR count). The quantitative estimate of drug-likeness (QED) is 0.672. The predicted octanol–water partition coefficient (Wildman–Crippen LogP) is 5.06. The van der Waals surface area contributed by atoms with Crippen molar-refractivity contribution in [2.45, 2.75) is 13.8 Å². The molecule has 0 saturated heterocycles. The van der Waals surface area contributed by atoms with Crippen molar-refractivity contribution in [3.8, 4) is 16.9 Å². The summed E-state index contributed by atoms with van der Waals surface area (Å²) in [5.74, 6) is 0.871. The molecule has 3 nitrogen and oxygen atoms in total. The largest absolute Gasteiger partial charge is 0.496 e. The summed E-state index contributed by atoms with van der Waals surface area (Å²) in [6, 6.07) is 16.2. The zero-order valence-electron chi connectivity index (χ0n) is 13.6. The Morgan fingerprint density at radius 3 is 2.35 bits per heavy atom. The lowest BCUT2D eigenvalue weighted by molar-refractivity contribution is 0.416. The summed E-state index contributed by atoms with van der Waals surface area (Å²) in [5.41, 5.74) is 6.49. The third-order valence-electron chi connectivity index (χ3n) is 3.92. The van der Waals surface area contributed by atoms with Crippen LogP contribution >= 0.6 is 0 Å². The Morgan fingerprint density at radius 1 is 0.913 bits per heavy atom. The number of H-pyrrole nitrogens is 1. The van der Waals surface area contributed by atoms with Crippen molar-refractivity contribution < 1.29 is 4.74 Å².